The zero-order valence-electron chi connectivity index (χ0n) is 29.7. The second-order valence-corrected chi connectivity index (χ2v) is 22.1. The molecule has 2 saturated heterocycles. The highest BCUT2D eigenvalue weighted by Gasteiger charge is 2.49. The molecule has 1 aliphatic carbocycles. The summed E-state index contributed by atoms with van der Waals surface area (Å²) in [4.78, 5) is 29.2. The fraction of sp³-hybridized carbons (Fsp3) is 0.487. The summed E-state index contributed by atoms with van der Waals surface area (Å²) >= 11 is 1.46. The number of hydrogen-bond acceptors (Lipinski definition) is 7. The number of aromatic nitrogens is 5. The van der Waals surface area contributed by atoms with Gasteiger partial charge in [-0.2, -0.15) is 10.1 Å². The number of nitrogens with one attached hydrogen (secondary N) is 2. The summed E-state index contributed by atoms with van der Waals surface area (Å²) in [6.45, 7) is 15.7. The van der Waals surface area contributed by atoms with Crippen LogP contribution in [-0.4, -0.2) is 69.5 Å². The Labute approximate surface area is 296 Å². The second kappa shape index (κ2) is 12.4. The number of ether oxygens (including phenoxy) is 1. The normalized spacial score (nSPS) is 21.0. The number of halogens is 1. The zero-order valence-corrected chi connectivity index (χ0v) is 31.6. The lowest BCUT2D eigenvalue weighted by molar-refractivity contribution is 0.107. The van der Waals surface area contributed by atoms with Crippen molar-refractivity contribution in [3.63, 3.8) is 0 Å². The molecule has 50 heavy (non-hydrogen) atoms. The van der Waals surface area contributed by atoms with Gasteiger partial charge in [-0.1, -0.05) is 53.5 Å². The van der Waals surface area contributed by atoms with E-state index in [4.69, 9.17) is 14.7 Å². The highest BCUT2D eigenvalue weighted by atomic mass is 32.1. The van der Waals surface area contributed by atoms with Crippen LogP contribution in [0.15, 0.2) is 35.4 Å². The average molecular weight is 709 g/mol. The number of hydrogen-bond donors (Lipinski definition) is 2. The molecule has 2 fully saturated rings. The van der Waals surface area contributed by atoms with Gasteiger partial charge in [-0.25, -0.2) is 4.39 Å². The summed E-state index contributed by atoms with van der Waals surface area (Å²) in [5.41, 5.74) is 11.1. The number of thiophene rings is 1. The van der Waals surface area contributed by atoms with Gasteiger partial charge < -0.3 is 4.74 Å². The minimum Gasteiger partial charge on any atom is -0.463 e. The quantitative estimate of drug-likeness (QED) is 0.130. The van der Waals surface area contributed by atoms with Crippen LogP contribution in [0.4, 0.5) is 4.39 Å². The van der Waals surface area contributed by atoms with Crippen LogP contribution in [0.5, 0.6) is 6.01 Å². The molecule has 8 nitrogen and oxygen atoms in total. The number of aryl methyl sites for hydroxylation is 1. The van der Waals surface area contributed by atoms with Crippen LogP contribution in [0, 0.1) is 11.5 Å². The third-order valence-electron chi connectivity index (χ3n) is 11.9. The smallest absolute Gasteiger partial charge is 0.297 e. The van der Waals surface area contributed by atoms with Crippen molar-refractivity contribution in [3.05, 3.63) is 52.1 Å². The molecule has 0 unspecified atom stereocenters. The van der Waals surface area contributed by atoms with Crippen molar-refractivity contribution in [3.8, 4) is 28.7 Å². The van der Waals surface area contributed by atoms with E-state index in [9.17, 15) is 9.18 Å². The predicted octanol–water partition coefficient (Wildman–Crippen LogP) is 8.58. The first-order valence-corrected chi connectivity index (χ1v) is 21.1. The molecular weight excluding hydrogens is 664 g/mol. The van der Waals surface area contributed by atoms with Crippen molar-refractivity contribution in [1.29, 1.82) is 0 Å². The summed E-state index contributed by atoms with van der Waals surface area (Å²) in [7, 11) is -1.99. The number of benzene rings is 1. The number of fused-ring (bicyclic) bond motifs is 6. The Kier molecular flexibility index (Phi) is 8.28. The lowest BCUT2D eigenvalue weighted by Gasteiger charge is -2.38. The first-order valence-electron chi connectivity index (χ1n) is 18.1. The van der Waals surface area contributed by atoms with E-state index in [-0.39, 0.29) is 17.1 Å². The molecule has 2 atom stereocenters. The fourth-order valence-corrected chi connectivity index (χ4v) is 16.0. The van der Waals surface area contributed by atoms with E-state index in [0.29, 0.717) is 46.4 Å². The van der Waals surface area contributed by atoms with Crippen LogP contribution in [0.3, 0.4) is 0 Å². The minimum atomic E-state index is -1.99. The SMILES string of the molecule is CC(C)[Si](C#CC1=CCCc2cc3[nH]ncc3c(-c3nccc4c3sc3nc(OC[C@@]56CCCN5C[C@H](F)C6)[nH]c(=O)c34)c21)(C(C)C)C(C)C. The Hall–Kier alpha value is -3.85. The Balaban J connectivity index is 1.26. The van der Waals surface area contributed by atoms with E-state index < -0.39 is 14.2 Å². The van der Waals surface area contributed by atoms with Crippen molar-refractivity contribution >= 4 is 56.2 Å². The Bertz CT molecular complexity index is 2270. The molecule has 3 aliphatic rings. The molecule has 0 amide bonds. The molecule has 0 spiro atoms. The molecule has 1 aromatic carbocycles. The predicted molar refractivity (Wildman–Crippen MR) is 204 cm³/mol. The zero-order chi connectivity index (χ0) is 34.9. The molecule has 0 saturated carbocycles. The number of nitrogens with zero attached hydrogens (tertiary/aromatic N) is 4. The maximum absolute atomic E-state index is 14.4. The summed E-state index contributed by atoms with van der Waals surface area (Å²) in [5, 5.41) is 9.97. The van der Waals surface area contributed by atoms with Crippen molar-refractivity contribution in [1.82, 2.24) is 30.0 Å². The number of alkyl halides is 1. The van der Waals surface area contributed by atoms with Crippen LogP contribution in [0.1, 0.15) is 78.4 Å². The third kappa shape index (κ3) is 5.16. The number of rotatable bonds is 7. The molecule has 0 radical (unpaired) electrons. The molecule has 5 aromatic rings. The van der Waals surface area contributed by atoms with Crippen LogP contribution < -0.4 is 10.3 Å². The van der Waals surface area contributed by atoms with Gasteiger partial charge in [0.15, 0.2) is 0 Å². The van der Waals surface area contributed by atoms with Gasteiger partial charge in [0.05, 0.1) is 33.0 Å². The number of H-pyrrole nitrogens is 2. The summed E-state index contributed by atoms with van der Waals surface area (Å²) in [5.74, 6) is 3.78. The van der Waals surface area contributed by atoms with Crippen LogP contribution in [0.2, 0.25) is 16.6 Å². The van der Waals surface area contributed by atoms with Crippen molar-refractivity contribution in [2.24, 2.45) is 0 Å². The van der Waals surface area contributed by atoms with Gasteiger partial charge in [-0.15, -0.1) is 16.9 Å². The third-order valence-corrected chi connectivity index (χ3v) is 19.2. The highest BCUT2D eigenvalue weighted by Crippen LogP contribution is 2.46. The van der Waals surface area contributed by atoms with Crippen LogP contribution in [-0.2, 0) is 6.42 Å². The van der Waals surface area contributed by atoms with Crippen molar-refractivity contribution in [2.75, 3.05) is 19.7 Å². The lowest BCUT2D eigenvalue weighted by atomic mass is 9.84. The van der Waals surface area contributed by atoms with Gasteiger partial charge in [0, 0.05) is 46.6 Å². The highest BCUT2D eigenvalue weighted by molar-refractivity contribution is 7.26. The van der Waals surface area contributed by atoms with E-state index >= 15 is 0 Å². The number of allylic oxidation sites excluding steroid dienone is 2. The first kappa shape index (κ1) is 33.3. The van der Waals surface area contributed by atoms with Gasteiger partial charge in [-0.3, -0.25) is 24.8 Å². The van der Waals surface area contributed by atoms with Gasteiger partial charge in [0.25, 0.3) is 11.6 Å². The number of pyridine rings is 1. The minimum absolute atomic E-state index is 0.176. The molecule has 8 rings (SSSR count). The Morgan fingerprint density at radius 3 is 2.74 bits per heavy atom. The van der Waals surface area contributed by atoms with Crippen LogP contribution in [0.25, 0.3) is 48.0 Å². The molecule has 0 bridgehead atoms. The summed E-state index contributed by atoms with van der Waals surface area (Å²) in [6, 6.07) is 4.29. The molecule has 2 N–H and O–H groups in total. The van der Waals surface area contributed by atoms with E-state index in [1.165, 1.54) is 16.9 Å². The van der Waals surface area contributed by atoms with E-state index in [0.717, 1.165) is 75.6 Å². The molecule has 2 aliphatic heterocycles. The summed E-state index contributed by atoms with van der Waals surface area (Å²) in [6.07, 6.45) is 9.30. The molecule has 6 heterocycles. The van der Waals surface area contributed by atoms with E-state index in [1.54, 1.807) is 6.20 Å². The molecular formula is C39H45FN6O2SSi. The number of aromatic amines is 2. The first-order chi connectivity index (χ1) is 24.0. The topological polar surface area (TPSA) is 99.8 Å². The lowest BCUT2D eigenvalue weighted by Crippen LogP contribution is -2.43. The Morgan fingerprint density at radius 2 is 1.96 bits per heavy atom. The van der Waals surface area contributed by atoms with Crippen LogP contribution >= 0.6 is 11.3 Å². The van der Waals surface area contributed by atoms with Gasteiger partial charge in [-0.05, 0) is 66.5 Å². The van der Waals surface area contributed by atoms with Gasteiger partial charge in [0.2, 0.25) is 0 Å². The average Bonchev–Trinajstić information content (AvgIpc) is 3.84. The summed E-state index contributed by atoms with van der Waals surface area (Å²) < 4.78 is 21.4. The van der Waals surface area contributed by atoms with E-state index in [1.807, 2.05) is 12.3 Å². The maximum Gasteiger partial charge on any atom is 0.297 e. The standard InChI is InChI=1S/C39H45FN6O2SSi/c1-22(2)50(23(3)4,24(5)6)16-12-25-9-7-10-26-17-30-29(19-42-45-30)32(31(25)26)34-35-28(11-14-41-34)33-36(47)43-38(44-37(33)49-35)48-21-39-13-8-15-46(39)20-27(40)18-39/h9,11,14,17,19,22-24,27H,7-8,10,13,15,18,20-21H2,1-6H3,(H,42,45)(H,43,44,47)/t27-,39+/m1/s1. The van der Waals surface area contributed by atoms with Gasteiger partial charge in [0.1, 0.15) is 25.7 Å². The molecule has 11 heteroatoms. The van der Waals surface area contributed by atoms with Gasteiger partial charge >= 0.3 is 0 Å². The molecule has 260 valence electrons. The molecule has 4 aromatic heterocycles. The maximum atomic E-state index is 14.4. The van der Waals surface area contributed by atoms with E-state index in [2.05, 4.69) is 85.2 Å². The monoisotopic (exact) mass is 708 g/mol. The second-order valence-electron chi connectivity index (χ2n) is 15.5. The largest absolute Gasteiger partial charge is 0.463 e. The van der Waals surface area contributed by atoms with Crippen molar-refractivity contribution < 1.29 is 9.13 Å². The Morgan fingerprint density at radius 1 is 1.16 bits per heavy atom. The van der Waals surface area contributed by atoms with Crippen molar-refractivity contribution in [2.45, 2.75) is 102 Å². The fourth-order valence-electron chi connectivity index (χ4n) is 9.58.